The highest BCUT2D eigenvalue weighted by Gasteiger charge is 2.49. The van der Waals surface area contributed by atoms with Crippen molar-refractivity contribution in [1.29, 1.82) is 0 Å². The molecule has 33 heavy (non-hydrogen) atoms. The summed E-state index contributed by atoms with van der Waals surface area (Å²) in [5.74, 6) is -0.960. The van der Waals surface area contributed by atoms with Crippen LogP contribution in [0, 0.1) is 0 Å². The number of benzene rings is 2. The maximum absolute atomic E-state index is 13.2. The van der Waals surface area contributed by atoms with Crippen LogP contribution in [-0.4, -0.2) is 30.7 Å². The van der Waals surface area contributed by atoms with E-state index in [0.29, 0.717) is 17.2 Å². The number of fused-ring (bicyclic) bond motifs is 1. The Balaban J connectivity index is 1.73. The van der Waals surface area contributed by atoms with Gasteiger partial charge in [-0.3, -0.25) is 14.5 Å². The molecule has 1 aromatic heterocycles. The van der Waals surface area contributed by atoms with E-state index < -0.39 is 23.5 Å². The topological polar surface area (TPSA) is 98.4 Å². The number of halogens is 2. The van der Waals surface area contributed by atoms with E-state index in [1.54, 1.807) is 30.3 Å². The monoisotopic (exact) mass is 487 g/mol. The summed E-state index contributed by atoms with van der Waals surface area (Å²) in [5.41, 5.74) is 0.220. The number of amides is 1. The lowest BCUT2D eigenvalue weighted by Crippen LogP contribution is -2.29. The van der Waals surface area contributed by atoms with Crippen LogP contribution in [0.15, 0.2) is 58.7 Å². The number of carbonyl (C=O) groups is 2. The van der Waals surface area contributed by atoms with Crippen LogP contribution < -0.4 is 19.1 Å². The average molecular weight is 488 g/mol. The number of ether oxygens (including phenoxy) is 3. The first-order valence-electron chi connectivity index (χ1n) is 9.68. The number of rotatable bonds is 4. The molecule has 0 radical (unpaired) electrons. The van der Waals surface area contributed by atoms with E-state index in [9.17, 15) is 14.7 Å². The molecule has 5 rings (SSSR count). The number of methoxy groups -OCH3 is 1. The minimum Gasteiger partial charge on any atom is -0.507 e. The quantitative estimate of drug-likeness (QED) is 0.315. The molecule has 1 atom stereocenters. The van der Waals surface area contributed by atoms with Gasteiger partial charge in [0.15, 0.2) is 11.5 Å². The van der Waals surface area contributed by atoms with Crippen molar-refractivity contribution in [3.8, 4) is 17.2 Å². The van der Waals surface area contributed by atoms with Crippen LogP contribution in [0.3, 0.4) is 0 Å². The molecule has 1 saturated heterocycles. The van der Waals surface area contributed by atoms with Gasteiger partial charge in [0, 0.05) is 16.8 Å². The van der Waals surface area contributed by atoms with Gasteiger partial charge in [0.2, 0.25) is 6.79 Å². The number of hydrogen-bond acceptors (Lipinski definition) is 7. The third kappa shape index (κ3) is 3.39. The van der Waals surface area contributed by atoms with Crippen molar-refractivity contribution in [2.75, 3.05) is 18.8 Å². The lowest BCUT2D eigenvalue weighted by molar-refractivity contribution is -0.132. The zero-order chi connectivity index (χ0) is 23.3. The van der Waals surface area contributed by atoms with Crippen molar-refractivity contribution in [1.82, 2.24) is 0 Å². The smallest absolute Gasteiger partial charge is 0.300 e. The highest BCUT2D eigenvalue weighted by molar-refractivity contribution is 6.51. The molecule has 8 nitrogen and oxygen atoms in total. The van der Waals surface area contributed by atoms with Crippen molar-refractivity contribution in [3.05, 3.63) is 75.7 Å². The van der Waals surface area contributed by atoms with Gasteiger partial charge in [0.25, 0.3) is 11.7 Å². The highest BCUT2D eigenvalue weighted by Crippen LogP contribution is 2.46. The fraction of sp³-hybridized carbons (Fsp3) is 0.130. The number of hydrogen-bond donors (Lipinski definition) is 1. The van der Waals surface area contributed by atoms with E-state index in [4.69, 9.17) is 41.8 Å². The summed E-state index contributed by atoms with van der Waals surface area (Å²) in [4.78, 5) is 27.6. The third-order valence-corrected chi connectivity index (χ3v) is 5.86. The number of Topliss-reactive ketones (excluding diaryl/α,β-unsaturated/α-hetero) is 1. The summed E-state index contributed by atoms with van der Waals surface area (Å²) in [6.45, 7) is 0.0501. The second-order valence-electron chi connectivity index (χ2n) is 7.19. The number of ketones is 1. The van der Waals surface area contributed by atoms with Crippen LogP contribution in [0.25, 0.3) is 5.76 Å². The summed E-state index contributed by atoms with van der Waals surface area (Å²) in [6.07, 6.45) is 1.41. The Morgan fingerprint density at radius 1 is 1.12 bits per heavy atom. The SMILES string of the molecule is COc1c(Cl)cc(Cl)cc1/C(O)=C1/C(=O)C(=O)N(c2ccc3c(c2)OCO3)C1c1ccco1. The lowest BCUT2D eigenvalue weighted by atomic mass is 9.98. The molecule has 0 saturated carbocycles. The lowest BCUT2D eigenvalue weighted by Gasteiger charge is -2.23. The molecular weight excluding hydrogens is 473 g/mol. The van der Waals surface area contributed by atoms with Gasteiger partial charge >= 0.3 is 0 Å². The van der Waals surface area contributed by atoms with Crippen LogP contribution in [0.4, 0.5) is 5.69 Å². The summed E-state index contributed by atoms with van der Waals surface area (Å²) in [6, 6.07) is 9.82. The van der Waals surface area contributed by atoms with Crippen molar-refractivity contribution in [2.45, 2.75) is 6.04 Å². The number of nitrogens with zero attached hydrogens (tertiary/aromatic N) is 1. The van der Waals surface area contributed by atoms with Gasteiger partial charge in [0.05, 0.1) is 29.5 Å². The van der Waals surface area contributed by atoms with Crippen LogP contribution in [0.1, 0.15) is 17.4 Å². The van der Waals surface area contributed by atoms with E-state index in [-0.39, 0.29) is 39.5 Å². The van der Waals surface area contributed by atoms with Crippen molar-refractivity contribution < 1.29 is 33.3 Å². The Bertz CT molecular complexity index is 1320. The Hall–Kier alpha value is -3.62. The number of furan rings is 1. The largest absolute Gasteiger partial charge is 0.507 e. The molecule has 0 aliphatic carbocycles. The first kappa shape index (κ1) is 21.2. The third-order valence-electron chi connectivity index (χ3n) is 5.36. The molecule has 3 aromatic rings. The van der Waals surface area contributed by atoms with E-state index in [2.05, 4.69) is 0 Å². The minimum absolute atomic E-state index is 0.0501. The van der Waals surface area contributed by atoms with Crippen molar-refractivity contribution in [3.63, 3.8) is 0 Å². The van der Waals surface area contributed by atoms with Gasteiger partial charge in [0.1, 0.15) is 23.3 Å². The second-order valence-corrected chi connectivity index (χ2v) is 8.03. The van der Waals surface area contributed by atoms with E-state index in [1.807, 2.05) is 0 Å². The van der Waals surface area contributed by atoms with E-state index in [0.717, 1.165) is 0 Å². The highest BCUT2D eigenvalue weighted by atomic mass is 35.5. The molecule has 2 aliphatic heterocycles. The summed E-state index contributed by atoms with van der Waals surface area (Å²) < 4.78 is 21.6. The average Bonchev–Trinajstić information content (AvgIpc) is 3.53. The van der Waals surface area contributed by atoms with Crippen LogP contribution in [0.2, 0.25) is 10.0 Å². The van der Waals surface area contributed by atoms with Gasteiger partial charge < -0.3 is 23.7 Å². The molecule has 10 heteroatoms. The van der Waals surface area contributed by atoms with Gasteiger partial charge in [-0.1, -0.05) is 23.2 Å². The fourth-order valence-electron chi connectivity index (χ4n) is 3.94. The van der Waals surface area contributed by atoms with E-state index >= 15 is 0 Å². The molecule has 1 unspecified atom stereocenters. The molecule has 0 bridgehead atoms. The Labute approximate surface area is 197 Å². The Morgan fingerprint density at radius 2 is 1.91 bits per heavy atom. The van der Waals surface area contributed by atoms with Crippen molar-refractivity contribution in [2.24, 2.45) is 0 Å². The predicted octanol–water partition coefficient (Wildman–Crippen LogP) is 4.95. The van der Waals surface area contributed by atoms with Crippen LogP contribution in [-0.2, 0) is 9.59 Å². The summed E-state index contributed by atoms with van der Waals surface area (Å²) in [7, 11) is 1.36. The van der Waals surface area contributed by atoms with Crippen molar-refractivity contribution >= 4 is 46.3 Å². The fourth-order valence-corrected chi connectivity index (χ4v) is 4.51. The first-order chi connectivity index (χ1) is 15.9. The molecule has 1 amide bonds. The standard InChI is InChI=1S/C23H15Cl2NO7/c1-30-22-13(7-11(24)8-14(22)25)20(27)18-19(16-3-2-6-31-16)26(23(29)21(18)28)12-4-5-15-17(9-12)33-10-32-15/h2-9,19,27H,10H2,1H3/b20-18-. The maximum atomic E-state index is 13.2. The first-order valence-corrected chi connectivity index (χ1v) is 10.4. The molecule has 2 aromatic carbocycles. The van der Waals surface area contributed by atoms with Gasteiger partial charge in [-0.2, -0.15) is 0 Å². The molecular formula is C23H15Cl2NO7. The number of anilines is 1. The molecule has 0 spiro atoms. The molecule has 1 fully saturated rings. The summed E-state index contributed by atoms with van der Waals surface area (Å²) in [5, 5.41) is 11.6. The normalized spacial score (nSPS) is 18.8. The summed E-state index contributed by atoms with van der Waals surface area (Å²) >= 11 is 12.3. The zero-order valence-electron chi connectivity index (χ0n) is 17.0. The second kappa shape index (κ2) is 8.06. The Kier molecular flexibility index (Phi) is 5.19. The number of aliphatic hydroxyl groups is 1. The molecule has 3 heterocycles. The number of carbonyl (C=O) groups excluding carboxylic acids is 2. The van der Waals surface area contributed by atoms with Gasteiger partial charge in [-0.15, -0.1) is 0 Å². The van der Waals surface area contributed by atoms with Crippen LogP contribution in [0.5, 0.6) is 17.2 Å². The number of aliphatic hydroxyl groups excluding tert-OH is 1. The molecule has 2 aliphatic rings. The Morgan fingerprint density at radius 3 is 2.64 bits per heavy atom. The molecule has 1 N–H and O–H groups in total. The minimum atomic E-state index is -1.07. The zero-order valence-corrected chi connectivity index (χ0v) is 18.5. The van der Waals surface area contributed by atoms with Gasteiger partial charge in [-0.05, 0) is 36.4 Å². The molecule has 168 valence electrons. The van der Waals surface area contributed by atoms with Crippen LogP contribution >= 0.6 is 23.2 Å². The van der Waals surface area contributed by atoms with Gasteiger partial charge in [-0.25, -0.2) is 0 Å². The van der Waals surface area contributed by atoms with E-state index in [1.165, 1.54) is 30.4 Å². The maximum Gasteiger partial charge on any atom is 0.300 e. The predicted molar refractivity (Wildman–Crippen MR) is 119 cm³/mol.